The molecule has 0 aliphatic carbocycles. The maximum atomic E-state index is 12.7. The monoisotopic (exact) mass is 726 g/mol. The van der Waals surface area contributed by atoms with Gasteiger partial charge in [0, 0.05) is 0 Å². The second-order valence-corrected chi connectivity index (χ2v) is 12.1. The fourth-order valence-electron chi connectivity index (χ4n) is 5.81. The lowest BCUT2D eigenvalue weighted by atomic mass is 10.0. The number of hydrogen-bond donors (Lipinski definition) is 0. The smallest absolute Gasteiger partial charge is 0.338 e. The lowest BCUT2D eigenvalue weighted by Gasteiger charge is -2.10. The molecule has 12 nitrogen and oxygen atoms in total. The lowest BCUT2D eigenvalue weighted by Crippen LogP contribution is -2.15. The van der Waals surface area contributed by atoms with Crippen LogP contribution in [0.1, 0.15) is 62.1 Å². The van der Waals surface area contributed by atoms with Gasteiger partial charge in [0.25, 0.3) is 0 Å². The molecule has 0 aromatic heterocycles. The molecule has 5 aliphatic rings. The van der Waals surface area contributed by atoms with E-state index in [0.29, 0.717) is 32.3 Å². The summed E-state index contributed by atoms with van der Waals surface area (Å²) in [5, 5.41) is 4.06. The highest BCUT2D eigenvalue weighted by Crippen LogP contribution is 2.22. The van der Waals surface area contributed by atoms with Gasteiger partial charge in [0.15, 0.2) is 0 Å². The third kappa shape index (κ3) is 8.02. The summed E-state index contributed by atoms with van der Waals surface area (Å²) in [7, 11) is 0. The van der Waals surface area contributed by atoms with Crippen LogP contribution in [0, 0.1) is 0 Å². The fourth-order valence-corrected chi connectivity index (χ4v) is 5.81. The van der Waals surface area contributed by atoms with Crippen molar-refractivity contribution in [1.29, 1.82) is 0 Å². The van der Waals surface area contributed by atoms with Crippen LogP contribution in [0.25, 0.3) is 32.3 Å². The van der Waals surface area contributed by atoms with E-state index in [1.54, 1.807) is 109 Å². The second-order valence-electron chi connectivity index (χ2n) is 12.1. The first kappa shape index (κ1) is 35.3. The van der Waals surface area contributed by atoms with Crippen LogP contribution in [-0.4, -0.2) is 75.5 Å². The van der Waals surface area contributed by atoms with E-state index in [4.69, 9.17) is 28.4 Å². The predicted octanol–water partition coefficient (Wildman–Crippen LogP) is 6.50. The van der Waals surface area contributed by atoms with Crippen molar-refractivity contribution in [3.05, 3.63) is 143 Å². The summed E-state index contributed by atoms with van der Waals surface area (Å²) >= 11 is 0. The summed E-state index contributed by atoms with van der Waals surface area (Å²) < 4.78 is 31.8. The van der Waals surface area contributed by atoms with Crippen LogP contribution in [0.15, 0.2) is 109 Å². The first-order valence-corrected chi connectivity index (χ1v) is 16.9. The van der Waals surface area contributed by atoms with Crippen LogP contribution in [0.5, 0.6) is 0 Å². The van der Waals surface area contributed by atoms with Crippen molar-refractivity contribution in [2.45, 2.75) is 0 Å². The molecular formula is C42H30O12. The van der Waals surface area contributed by atoms with E-state index >= 15 is 0 Å². The molecule has 0 saturated heterocycles. The van der Waals surface area contributed by atoms with Crippen LogP contribution in [-0.2, 0) is 28.4 Å². The molecule has 6 aromatic rings. The number of carbonyl (C=O) groups excluding carboxylic acids is 6. The molecule has 0 N–H and O–H groups in total. The summed E-state index contributed by atoms with van der Waals surface area (Å²) in [6.07, 6.45) is 0. The molecule has 12 heteroatoms. The molecule has 54 heavy (non-hydrogen) atoms. The van der Waals surface area contributed by atoms with Gasteiger partial charge in [-0.05, 0) is 105 Å². The number of hydrogen-bond acceptors (Lipinski definition) is 12. The molecule has 0 fully saturated rings. The van der Waals surface area contributed by atoms with E-state index in [0.717, 1.165) is 0 Å². The predicted molar refractivity (Wildman–Crippen MR) is 194 cm³/mol. The SMILES string of the molecule is O=C1OCCOC(=O)c2ccc3cc(ccc3c2)C(=O)OCCOC(=O)c2ccc3cc(ccc3c2)C(=O)OCCOC(=O)c2ccc3cc1ccc3c2. The molecule has 0 unspecified atom stereocenters. The summed E-state index contributed by atoms with van der Waals surface area (Å²) in [5.41, 5.74) is 1.62. The summed E-state index contributed by atoms with van der Waals surface area (Å²) in [4.78, 5) is 76.2. The number of fused-ring (bicyclic) bond motifs is 3. The Hall–Kier alpha value is -7.08. The van der Waals surface area contributed by atoms with E-state index in [2.05, 4.69) is 0 Å². The summed E-state index contributed by atoms with van der Waals surface area (Å²) in [5.74, 6) is -3.71. The van der Waals surface area contributed by atoms with Crippen molar-refractivity contribution in [2.24, 2.45) is 0 Å². The van der Waals surface area contributed by atoms with Crippen molar-refractivity contribution in [2.75, 3.05) is 39.6 Å². The minimum atomic E-state index is -0.618. The molecule has 0 radical (unpaired) electrons. The van der Waals surface area contributed by atoms with Crippen LogP contribution in [0.4, 0.5) is 0 Å². The Kier molecular flexibility index (Phi) is 10.2. The van der Waals surface area contributed by atoms with Gasteiger partial charge in [0.05, 0.1) is 33.4 Å². The van der Waals surface area contributed by atoms with Gasteiger partial charge in [-0.15, -0.1) is 0 Å². The highest BCUT2D eigenvalue weighted by Gasteiger charge is 2.16. The standard InChI is InChI=1S/C42H30O12/c43-37-31-7-1-25-19-32(8-2-26(25)20-31)38(44)50-15-16-52-40(46)34-10-4-30-24-36(12-6-29(30)22-34)42(48)54-18-17-53-41(47)35-11-5-27-21-33(9-3-28(27)23-35)39(45)51-14-13-49-37/h1-12,19-24H,13-18H2. The molecule has 0 spiro atoms. The van der Waals surface area contributed by atoms with Gasteiger partial charge in [0.2, 0.25) is 0 Å². The molecule has 5 aliphatic heterocycles. The Balaban J connectivity index is 1.07. The van der Waals surface area contributed by atoms with E-state index in [1.165, 1.54) is 0 Å². The van der Waals surface area contributed by atoms with Crippen molar-refractivity contribution in [3.8, 4) is 0 Å². The third-order valence-electron chi connectivity index (χ3n) is 8.58. The van der Waals surface area contributed by atoms with Gasteiger partial charge < -0.3 is 28.4 Å². The summed E-state index contributed by atoms with van der Waals surface area (Å²) in [6, 6.07) is 29.0. The molecular weight excluding hydrogens is 696 g/mol. The normalized spacial score (nSPS) is 15.3. The van der Waals surface area contributed by atoms with Crippen molar-refractivity contribution >= 4 is 68.1 Å². The second kappa shape index (κ2) is 15.7. The first-order valence-electron chi connectivity index (χ1n) is 16.9. The molecule has 6 aromatic carbocycles. The minimum Gasteiger partial charge on any atom is -0.458 e. The Morgan fingerprint density at radius 3 is 0.537 bits per heavy atom. The quantitative estimate of drug-likeness (QED) is 0.124. The van der Waals surface area contributed by atoms with Crippen molar-refractivity contribution < 1.29 is 57.2 Å². The molecule has 11 rings (SSSR count). The van der Waals surface area contributed by atoms with Crippen molar-refractivity contribution in [3.63, 3.8) is 0 Å². The Morgan fingerprint density at radius 2 is 0.389 bits per heavy atom. The number of rotatable bonds is 0. The summed E-state index contributed by atoms with van der Waals surface area (Å²) in [6.45, 7) is -1.06. The third-order valence-corrected chi connectivity index (χ3v) is 8.58. The zero-order chi connectivity index (χ0) is 37.6. The zero-order valence-corrected chi connectivity index (χ0v) is 28.5. The Morgan fingerprint density at radius 1 is 0.241 bits per heavy atom. The molecule has 0 saturated carbocycles. The zero-order valence-electron chi connectivity index (χ0n) is 28.5. The van der Waals surface area contributed by atoms with E-state index in [-0.39, 0.29) is 73.0 Å². The molecule has 0 atom stereocenters. The maximum absolute atomic E-state index is 12.7. The van der Waals surface area contributed by atoms with Gasteiger partial charge in [-0.2, -0.15) is 0 Å². The number of esters is 6. The van der Waals surface area contributed by atoms with E-state index in [1.807, 2.05) is 0 Å². The van der Waals surface area contributed by atoms with Crippen LogP contribution in [0.3, 0.4) is 0 Å². The first-order chi connectivity index (χ1) is 26.2. The van der Waals surface area contributed by atoms with E-state index in [9.17, 15) is 28.8 Å². The Labute approximate surface area is 307 Å². The van der Waals surface area contributed by atoms with Gasteiger partial charge in [-0.1, -0.05) is 36.4 Å². The minimum absolute atomic E-state index is 0.177. The van der Waals surface area contributed by atoms with Crippen LogP contribution < -0.4 is 0 Å². The van der Waals surface area contributed by atoms with Crippen LogP contribution >= 0.6 is 0 Å². The highest BCUT2D eigenvalue weighted by atomic mass is 16.6. The lowest BCUT2D eigenvalue weighted by molar-refractivity contribution is 0.0265. The van der Waals surface area contributed by atoms with Crippen LogP contribution in [0.2, 0.25) is 0 Å². The number of carbonyl (C=O) groups is 6. The van der Waals surface area contributed by atoms with Gasteiger partial charge in [0.1, 0.15) is 39.6 Å². The maximum Gasteiger partial charge on any atom is 0.338 e. The number of benzene rings is 6. The fraction of sp³-hybridized carbons (Fsp3) is 0.143. The van der Waals surface area contributed by atoms with Gasteiger partial charge in [-0.3, -0.25) is 0 Å². The van der Waals surface area contributed by atoms with Crippen molar-refractivity contribution in [1.82, 2.24) is 0 Å². The largest absolute Gasteiger partial charge is 0.458 e. The molecule has 5 heterocycles. The highest BCUT2D eigenvalue weighted by molar-refractivity contribution is 6.01. The Bertz CT molecular complexity index is 2040. The topological polar surface area (TPSA) is 158 Å². The van der Waals surface area contributed by atoms with E-state index < -0.39 is 35.8 Å². The van der Waals surface area contributed by atoms with Gasteiger partial charge >= 0.3 is 35.8 Å². The molecule has 0 amide bonds. The van der Waals surface area contributed by atoms with Gasteiger partial charge in [-0.25, -0.2) is 28.8 Å². The average molecular weight is 727 g/mol. The molecule has 270 valence electrons. The average Bonchev–Trinajstić information content (AvgIpc) is 3.20. The number of ether oxygens (including phenoxy) is 6. The molecule has 12 bridgehead atoms.